The standard InChI is InChI=1S/C24H39BN2O4/c1-9-26(20-14-15-27(17-20)21(28)29-22(2,3)4)16-18-10-12-19(13-11-18)25-30-23(5,6)24(7,8)31-25/h10-13,20H,9,14-17H2,1-8H3/t20-/m0/s1. The Kier molecular flexibility index (Phi) is 6.80. The van der Waals surface area contributed by atoms with Crippen LogP contribution >= 0.6 is 0 Å². The van der Waals surface area contributed by atoms with Gasteiger partial charge >= 0.3 is 13.2 Å². The van der Waals surface area contributed by atoms with Crippen LogP contribution in [0, 0.1) is 0 Å². The molecule has 0 spiro atoms. The first-order chi connectivity index (χ1) is 14.3. The molecule has 1 aromatic carbocycles. The SMILES string of the molecule is CCN(Cc1ccc(B2OC(C)(C)C(C)(C)O2)cc1)[C@H]1CCN(C(=O)OC(C)(C)C)C1. The van der Waals surface area contributed by atoms with Gasteiger partial charge in [0.2, 0.25) is 0 Å². The molecular formula is C24H39BN2O4. The molecule has 7 heteroatoms. The Morgan fingerprint density at radius 1 is 1.16 bits per heavy atom. The van der Waals surface area contributed by atoms with Crippen molar-refractivity contribution >= 4 is 18.7 Å². The van der Waals surface area contributed by atoms with E-state index in [1.165, 1.54) is 5.56 Å². The third-order valence-corrected chi connectivity index (χ3v) is 6.63. The van der Waals surface area contributed by atoms with Gasteiger partial charge in [-0.3, -0.25) is 4.90 Å². The minimum Gasteiger partial charge on any atom is -0.444 e. The molecule has 0 N–H and O–H groups in total. The molecule has 6 nitrogen and oxygen atoms in total. The van der Waals surface area contributed by atoms with Crippen LogP contribution in [0.2, 0.25) is 0 Å². The molecule has 1 atom stereocenters. The number of carbonyl (C=O) groups is 1. The van der Waals surface area contributed by atoms with Gasteiger partial charge in [-0.05, 0) is 72.5 Å². The lowest BCUT2D eigenvalue weighted by molar-refractivity contribution is 0.00578. The first-order valence-electron chi connectivity index (χ1n) is 11.5. The van der Waals surface area contributed by atoms with E-state index in [2.05, 4.69) is 63.8 Å². The summed E-state index contributed by atoms with van der Waals surface area (Å²) >= 11 is 0. The van der Waals surface area contributed by atoms with Crippen molar-refractivity contribution in [3.8, 4) is 0 Å². The zero-order valence-corrected chi connectivity index (χ0v) is 20.5. The topological polar surface area (TPSA) is 51.2 Å². The second-order valence-corrected chi connectivity index (χ2v) is 10.8. The summed E-state index contributed by atoms with van der Waals surface area (Å²) in [5, 5.41) is 0. The van der Waals surface area contributed by atoms with Gasteiger partial charge < -0.3 is 18.9 Å². The molecule has 0 bridgehead atoms. The molecule has 0 radical (unpaired) electrons. The third kappa shape index (κ3) is 5.63. The summed E-state index contributed by atoms with van der Waals surface area (Å²) in [7, 11) is -0.335. The van der Waals surface area contributed by atoms with Gasteiger partial charge in [-0.15, -0.1) is 0 Å². The second kappa shape index (κ2) is 8.76. The van der Waals surface area contributed by atoms with Crippen LogP contribution in [0.4, 0.5) is 4.79 Å². The molecule has 2 heterocycles. The van der Waals surface area contributed by atoms with E-state index in [1.54, 1.807) is 0 Å². The van der Waals surface area contributed by atoms with Gasteiger partial charge in [-0.25, -0.2) is 4.79 Å². The van der Waals surface area contributed by atoms with Crippen LogP contribution < -0.4 is 5.46 Å². The summed E-state index contributed by atoms with van der Waals surface area (Å²) in [5.74, 6) is 0. The maximum Gasteiger partial charge on any atom is 0.494 e. The van der Waals surface area contributed by atoms with Crippen molar-refractivity contribution in [2.75, 3.05) is 19.6 Å². The van der Waals surface area contributed by atoms with E-state index in [9.17, 15) is 4.79 Å². The van der Waals surface area contributed by atoms with E-state index in [4.69, 9.17) is 14.0 Å². The molecule has 0 saturated carbocycles. The number of hydrogen-bond donors (Lipinski definition) is 0. The van der Waals surface area contributed by atoms with Gasteiger partial charge in [0.1, 0.15) is 5.60 Å². The lowest BCUT2D eigenvalue weighted by Gasteiger charge is -2.32. The van der Waals surface area contributed by atoms with Crippen LogP contribution in [0.3, 0.4) is 0 Å². The van der Waals surface area contributed by atoms with Crippen LogP contribution in [0.1, 0.15) is 67.4 Å². The number of carbonyl (C=O) groups excluding carboxylic acids is 1. The third-order valence-electron chi connectivity index (χ3n) is 6.63. The minimum absolute atomic E-state index is 0.210. The van der Waals surface area contributed by atoms with Gasteiger partial charge in [0.25, 0.3) is 0 Å². The van der Waals surface area contributed by atoms with Crippen LogP contribution in [-0.4, -0.2) is 65.5 Å². The smallest absolute Gasteiger partial charge is 0.444 e. The Hall–Kier alpha value is -1.57. The first kappa shape index (κ1) is 24.1. The molecule has 2 saturated heterocycles. The quantitative estimate of drug-likeness (QED) is 0.665. The maximum atomic E-state index is 12.4. The number of ether oxygens (including phenoxy) is 1. The van der Waals surface area contributed by atoms with E-state index in [1.807, 2.05) is 25.7 Å². The Labute approximate surface area is 188 Å². The van der Waals surface area contributed by atoms with Gasteiger partial charge in [0.15, 0.2) is 0 Å². The van der Waals surface area contributed by atoms with Crippen molar-refractivity contribution in [1.82, 2.24) is 9.80 Å². The lowest BCUT2D eigenvalue weighted by atomic mass is 9.79. The highest BCUT2D eigenvalue weighted by Crippen LogP contribution is 2.36. The molecule has 0 aliphatic carbocycles. The zero-order chi connectivity index (χ0) is 23.0. The van der Waals surface area contributed by atoms with Crippen LogP contribution in [0.5, 0.6) is 0 Å². The van der Waals surface area contributed by atoms with E-state index in [0.717, 1.165) is 38.1 Å². The first-order valence-corrected chi connectivity index (χ1v) is 11.5. The number of rotatable bonds is 5. The molecule has 172 valence electrons. The molecule has 31 heavy (non-hydrogen) atoms. The van der Waals surface area contributed by atoms with Crippen molar-refractivity contribution in [2.45, 2.75) is 91.2 Å². The van der Waals surface area contributed by atoms with E-state index in [0.29, 0.717) is 6.04 Å². The Bertz CT molecular complexity index is 757. The Morgan fingerprint density at radius 3 is 2.26 bits per heavy atom. The Balaban J connectivity index is 1.59. The van der Waals surface area contributed by atoms with Crippen LogP contribution in [0.15, 0.2) is 24.3 Å². The summed E-state index contributed by atoms with van der Waals surface area (Å²) in [5.41, 5.74) is 1.16. The number of benzene rings is 1. The van der Waals surface area contributed by atoms with E-state index < -0.39 is 5.60 Å². The predicted octanol–water partition coefficient (Wildman–Crippen LogP) is 3.82. The predicted molar refractivity (Wildman–Crippen MR) is 124 cm³/mol. The largest absolute Gasteiger partial charge is 0.494 e. The maximum absolute atomic E-state index is 12.4. The summed E-state index contributed by atoms with van der Waals surface area (Å²) in [6, 6.07) is 8.87. The number of nitrogens with zero attached hydrogens (tertiary/aromatic N) is 2. The molecule has 0 unspecified atom stereocenters. The van der Waals surface area contributed by atoms with Crippen molar-refractivity contribution in [1.29, 1.82) is 0 Å². The average Bonchev–Trinajstić information content (AvgIpc) is 3.22. The highest BCUT2D eigenvalue weighted by atomic mass is 16.7. The van der Waals surface area contributed by atoms with E-state index >= 15 is 0 Å². The normalized spacial score (nSPS) is 22.9. The second-order valence-electron chi connectivity index (χ2n) is 10.8. The summed E-state index contributed by atoms with van der Waals surface area (Å²) in [6.45, 7) is 19.4. The summed E-state index contributed by atoms with van der Waals surface area (Å²) in [4.78, 5) is 16.7. The number of amides is 1. The van der Waals surface area contributed by atoms with Crippen molar-refractivity contribution in [3.05, 3.63) is 29.8 Å². The zero-order valence-electron chi connectivity index (χ0n) is 20.5. The van der Waals surface area contributed by atoms with Crippen LogP contribution in [-0.2, 0) is 20.6 Å². The molecule has 2 aliphatic heterocycles. The average molecular weight is 430 g/mol. The van der Waals surface area contributed by atoms with Gasteiger partial charge in [0, 0.05) is 25.7 Å². The molecule has 0 aromatic heterocycles. The van der Waals surface area contributed by atoms with E-state index in [-0.39, 0.29) is 24.4 Å². The fourth-order valence-electron chi connectivity index (χ4n) is 4.03. The summed E-state index contributed by atoms with van der Waals surface area (Å²) < 4.78 is 17.9. The highest BCUT2D eigenvalue weighted by Gasteiger charge is 2.51. The van der Waals surface area contributed by atoms with Crippen LogP contribution in [0.25, 0.3) is 0 Å². The fourth-order valence-corrected chi connectivity index (χ4v) is 4.03. The lowest BCUT2D eigenvalue weighted by Crippen LogP contribution is -2.41. The Morgan fingerprint density at radius 2 is 1.74 bits per heavy atom. The van der Waals surface area contributed by atoms with Crippen molar-refractivity contribution in [3.63, 3.8) is 0 Å². The number of likely N-dealkylation sites (tertiary alicyclic amines) is 1. The molecular weight excluding hydrogens is 391 g/mol. The molecule has 1 aromatic rings. The van der Waals surface area contributed by atoms with Gasteiger partial charge in [0.05, 0.1) is 11.2 Å². The fraction of sp³-hybridized carbons (Fsp3) is 0.708. The number of hydrogen-bond acceptors (Lipinski definition) is 5. The van der Waals surface area contributed by atoms with Crippen molar-refractivity contribution < 1.29 is 18.8 Å². The minimum atomic E-state index is -0.460. The monoisotopic (exact) mass is 430 g/mol. The molecule has 3 rings (SSSR count). The molecule has 2 fully saturated rings. The molecule has 1 amide bonds. The van der Waals surface area contributed by atoms with Crippen molar-refractivity contribution in [2.24, 2.45) is 0 Å². The molecule has 2 aliphatic rings. The van der Waals surface area contributed by atoms with Gasteiger partial charge in [-0.2, -0.15) is 0 Å². The highest BCUT2D eigenvalue weighted by molar-refractivity contribution is 6.62. The number of likely N-dealkylation sites (N-methyl/N-ethyl adjacent to an activating group) is 1. The van der Waals surface area contributed by atoms with Gasteiger partial charge in [-0.1, -0.05) is 31.2 Å². The summed E-state index contributed by atoms with van der Waals surface area (Å²) in [6.07, 6.45) is 0.761.